The van der Waals surface area contributed by atoms with Crippen LogP contribution in [0.2, 0.25) is 0 Å². The fourth-order valence-corrected chi connectivity index (χ4v) is 1.11. The first-order valence-corrected chi connectivity index (χ1v) is 5.73. The Kier molecular flexibility index (Phi) is 8.02. The zero-order chi connectivity index (χ0) is 11.7. The number of unbranched alkanes of at least 4 members (excludes halogenated alkanes) is 1. The Labute approximate surface area is 94.2 Å². The van der Waals surface area contributed by atoms with Gasteiger partial charge >= 0.3 is 0 Å². The van der Waals surface area contributed by atoms with Gasteiger partial charge < -0.3 is 5.11 Å². The third-order valence-electron chi connectivity index (χ3n) is 2.43. The lowest BCUT2D eigenvalue weighted by Gasteiger charge is -2.00. The fraction of sp³-hybridized carbons (Fsp3) is 0.571. The maximum absolute atomic E-state index is 8.92. The van der Waals surface area contributed by atoms with E-state index >= 15 is 0 Å². The van der Waals surface area contributed by atoms with E-state index in [1.807, 2.05) is 0 Å². The minimum atomic E-state index is 0.230. The van der Waals surface area contributed by atoms with Gasteiger partial charge in [0.15, 0.2) is 0 Å². The molecule has 0 aliphatic carbocycles. The van der Waals surface area contributed by atoms with Crippen LogP contribution in [-0.4, -0.2) is 11.7 Å². The predicted octanol–water partition coefficient (Wildman–Crippen LogP) is 4.01. The van der Waals surface area contributed by atoms with E-state index in [0.717, 1.165) is 19.3 Å². The number of aliphatic hydroxyl groups excluding tert-OH is 1. The van der Waals surface area contributed by atoms with Crippen LogP contribution in [0, 0.1) is 0 Å². The molecule has 0 aliphatic rings. The van der Waals surface area contributed by atoms with Crippen molar-refractivity contribution >= 4 is 0 Å². The fourth-order valence-electron chi connectivity index (χ4n) is 1.11. The molecule has 0 unspecified atom stereocenters. The summed E-state index contributed by atoms with van der Waals surface area (Å²) in [6.45, 7) is 8.73. The van der Waals surface area contributed by atoms with Gasteiger partial charge in [0.1, 0.15) is 0 Å². The Morgan fingerprint density at radius 2 is 1.80 bits per heavy atom. The van der Waals surface area contributed by atoms with Crippen molar-refractivity contribution in [2.75, 3.05) is 6.61 Å². The van der Waals surface area contributed by atoms with Crippen molar-refractivity contribution < 1.29 is 5.11 Å². The molecule has 1 heteroatoms. The molecule has 0 aromatic heterocycles. The minimum absolute atomic E-state index is 0.230. The molecule has 86 valence electrons. The number of hydrogen-bond acceptors (Lipinski definition) is 1. The van der Waals surface area contributed by atoms with E-state index in [0.29, 0.717) is 0 Å². The van der Waals surface area contributed by atoms with Gasteiger partial charge in [-0.3, -0.25) is 0 Å². The van der Waals surface area contributed by atoms with Crippen molar-refractivity contribution in [1.29, 1.82) is 0 Å². The van der Waals surface area contributed by atoms with Crippen molar-refractivity contribution in [3.8, 4) is 0 Å². The van der Waals surface area contributed by atoms with Crippen LogP contribution in [-0.2, 0) is 0 Å². The highest BCUT2D eigenvalue weighted by molar-refractivity contribution is 5.28. The van der Waals surface area contributed by atoms with E-state index in [2.05, 4.69) is 45.9 Å². The smallest absolute Gasteiger partial charge is 0.0471 e. The van der Waals surface area contributed by atoms with Crippen LogP contribution in [0.1, 0.15) is 47.0 Å². The second-order valence-corrected chi connectivity index (χ2v) is 4.06. The van der Waals surface area contributed by atoms with E-state index in [1.165, 1.54) is 16.7 Å². The summed E-state index contributed by atoms with van der Waals surface area (Å²) in [5, 5.41) is 8.92. The molecule has 1 nitrogen and oxygen atoms in total. The third-order valence-corrected chi connectivity index (χ3v) is 2.43. The van der Waals surface area contributed by atoms with Crippen LogP contribution in [0.4, 0.5) is 0 Å². The second kappa shape index (κ2) is 8.49. The Morgan fingerprint density at radius 3 is 2.27 bits per heavy atom. The van der Waals surface area contributed by atoms with Crippen molar-refractivity contribution in [3.05, 3.63) is 34.9 Å². The van der Waals surface area contributed by atoms with E-state index in [9.17, 15) is 0 Å². The van der Waals surface area contributed by atoms with E-state index < -0.39 is 0 Å². The van der Waals surface area contributed by atoms with Crippen LogP contribution >= 0.6 is 0 Å². The molecule has 0 aromatic carbocycles. The number of aliphatic hydroxyl groups is 1. The van der Waals surface area contributed by atoms with Crippen LogP contribution < -0.4 is 0 Å². The zero-order valence-corrected chi connectivity index (χ0v) is 10.5. The molecule has 0 radical (unpaired) electrons. The molecular formula is C14H24O. The third kappa shape index (κ3) is 7.15. The monoisotopic (exact) mass is 208 g/mol. The molecule has 0 rings (SSSR count). The summed E-state index contributed by atoms with van der Waals surface area (Å²) in [7, 11) is 0. The number of rotatable bonds is 6. The maximum atomic E-state index is 8.92. The predicted molar refractivity (Wildman–Crippen MR) is 67.9 cm³/mol. The average Bonchev–Trinajstić information content (AvgIpc) is 2.21. The lowest BCUT2D eigenvalue weighted by atomic mass is 10.1. The van der Waals surface area contributed by atoms with E-state index in [-0.39, 0.29) is 6.61 Å². The molecule has 0 aliphatic heterocycles. The van der Waals surface area contributed by atoms with Crippen LogP contribution in [0.15, 0.2) is 34.9 Å². The molecule has 0 spiro atoms. The summed E-state index contributed by atoms with van der Waals surface area (Å²) >= 11 is 0. The number of allylic oxidation sites excluding steroid dienone is 5. The summed E-state index contributed by atoms with van der Waals surface area (Å²) < 4.78 is 0. The van der Waals surface area contributed by atoms with Crippen LogP contribution in [0.5, 0.6) is 0 Å². The quantitative estimate of drug-likeness (QED) is 0.654. The lowest BCUT2D eigenvalue weighted by Crippen LogP contribution is -1.86. The van der Waals surface area contributed by atoms with Gasteiger partial charge in [-0.15, -0.1) is 0 Å². The SMILES string of the molecule is CCC/C=C(/C=C\C(C)=C(C)C)CCO. The normalized spacial score (nSPS) is 12.2. The van der Waals surface area contributed by atoms with Gasteiger partial charge in [-0.05, 0) is 39.2 Å². The standard InChI is InChI=1S/C14H24O/c1-5-6-7-14(10-11-15)9-8-13(4)12(2)3/h7-9,15H,5-6,10-11H2,1-4H3/b9-8-,14-7-. The highest BCUT2D eigenvalue weighted by Gasteiger charge is 1.92. The molecule has 0 atom stereocenters. The Bertz CT molecular complexity index is 253. The molecule has 15 heavy (non-hydrogen) atoms. The summed E-state index contributed by atoms with van der Waals surface area (Å²) in [5.41, 5.74) is 3.88. The highest BCUT2D eigenvalue weighted by atomic mass is 16.2. The molecule has 0 fully saturated rings. The number of hydrogen-bond donors (Lipinski definition) is 1. The first kappa shape index (κ1) is 14.2. The maximum Gasteiger partial charge on any atom is 0.0471 e. The minimum Gasteiger partial charge on any atom is -0.396 e. The average molecular weight is 208 g/mol. The van der Waals surface area contributed by atoms with Crippen LogP contribution in [0.25, 0.3) is 0 Å². The molecule has 0 aromatic rings. The Hall–Kier alpha value is -0.820. The topological polar surface area (TPSA) is 20.2 Å². The van der Waals surface area contributed by atoms with Crippen molar-refractivity contribution in [2.24, 2.45) is 0 Å². The molecule has 1 N–H and O–H groups in total. The molecule has 0 bridgehead atoms. The molecule has 0 amide bonds. The van der Waals surface area contributed by atoms with Gasteiger partial charge in [-0.1, -0.05) is 42.7 Å². The molecule has 0 heterocycles. The zero-order valence-electron chi connectivity index (χ0n) is 10.5. The van der Waals surface area contributed by atoms with Crippen molar-refractivity contribution in [2.45, 2.75) is 47.0 Å². The van der Waals surface area contributed by atoms with Gasteiger partial charge in [0, 0.05) is 6.61 Å². The molecular weight excluding hydrogens is 184 g/mol. The molecule has 0 saturated heterocycles. The van der Waals surface area contributed by atoms with Crippen molar-refractivity contribution in [1.82, 2.24) is 0 Å². The highest BCUT2D eigenvalue weighted by Crippen LogP contribution is 2.10. The van der Waals surface area contributed by atoms with Gasteiger partial charge in [-0.25, -0.2) is 0 Å². The van der Waals surface area contributed by atoms with E-state index in [4.69, 9.17) is 5.11 Å². The van der Waals surface area contributed by atoms with Crippen LogP contribution in [0.3, 0.4) is 0 Å². The van der Waals surface area contributed by atoms with Gasteiger partial charge in [0.05, 0.1) is 0 Å². The first-order chi connectivity index (χ1) is 7.11. The largest absolute Gasteiger partial charge is 0.396 e. The summed E-state index contributed by atoms with van der Waals surface area (Å²) in [6.07, 6.45) is 9.47. The second-order valence-electron chi connectivity index (χ2n) is 4.06. The first-order valence-electron chi connectivity index (χ1n) is 5.73. The molecule has 0 saturated carbocycles. The summed E-state index contributed by atoms with van der Waals surface area (Å²) in [5.74, 6) is 0. The van der Waals surface area contributed by atoms with Gasteiger partial charge in [0.2, 0.25) is 0 Å². The van der Waals surface area contributed by atoms with Crippen molar-refractivity contribution in [3.63, 3.8) is 0 Å². The summed E-state index contributed by atoms with van der Waals surface area (Å²) in [4.78, 5) is 0. The summed E-state index contributed by atoms with van der Waals surface area (Å²) in [6, 6.07) is 0. The Balaban J connectivity index is 4.47. The van der Waals surface area contributed by atoms with E-state index in [1.54, 1.807) is 0 Å². The Morgan fingerprint density at radius 1 is 1.13 bits per heavy atom. The van der Waals surface area contributed by atoms with Gasteiger partial charge in [0.25, 0.3) is 0 Å². The lowest BCUT2D eigenvalue weighted by molar-refractivity contribution is 0.300. The van der Waals surface area contributed by atoms with Gasteiger partial charge in [-0.2, -0.15) is 0 Å².